The average Bonchev–Trinajstić information content (AvgIpc) is 2.58. The Hall–Kier alpha value is -2.01. The van der Waals surface area contributed by atoms with Gasteiger partial charge < -0.3 is 5.41 Å². The predicted octanol–water partition coefficient (Wildman–Crippen LogP) is 4.15. The van der Waals surface area contributed by atoms with Crippen molar-refractivity contribution < 1.29 is 8.42 Å². The molecule has 0 spiro atoms. The monoisotopic (exact) mass is 344 g/mol. The quantitative estimate of drug-likeness (QED) is 0.767. The van der Waals surface area contributed by atoms with Gasteiger partial charge in [-0.15, -0.1) is 0 Å². The third-order valence-electron chi connectivity index (χ3n) is 4.30. The fraction of sp³-hybridized carbons (Fsp3) is 0.368. The summed E-state index contributed by atoms with van der Waals surface area (Å²) in [5.41, 5.74) is 3.70. The first-order chi connectivity index (χ1) is 11.3. The normalized spacial score (nSPS) is 12.8. The SMILES string of the molecule is CCC(C)C(=N)CCc1ccc(-c2ccc(S(C)(=O)=O)cn2)cc1. The first-order valence-electron chi connectivity index (χ1n) is 8.14. The van der Waals surface area contributed by atoms with Gasteiger partial charge in [-0.25, -0.2) is 8.42 Å². The van der Waals surface area contributed by atoms with Gasteiger partial charge in [0.2, 0.25) is 0 Å². The largest absolute Gasteiger partial charge is 0.309 e. The van der Waals surface area contributed by atoms with E-state index in [9.17, 15) is 8.42 Å². The molecule has 1 atom stereocenters. The van der Waals surface area contributed by atoms with E-state index in [0.29, 0.717) is 5.92 Å². The molecule has 0 aliphatic heterocycles. The third-order valence-corrected chi connectivity index (χ3v) is 5.40. The number of nitrogens with zero attached hydrogens (tertiary/aromatic N) is 1. The molecule has 0 saturated carbocycles. The molecule has 2 aromatic rings. The van der Waals surface area contributed by atoms with E-state index in [-0.39, 0.29) is 4.90 Å². The molecule has 1 aromatic carbocycles. The van der Waals surface area contributed by atoms with E-state index in [0.717, 1.165) is 36.2 Å². The smallest absolute Gasteiger partial charge is 0.177 e. The van der Waals surface area contributed by atoms with Crippen LogP contribution in [-0.4, -0.2) is 25.4 Å². The number of aryl methyl sites for hydroxylation is 1. The van der Waals surface area contributed by atoms with Crippen LogP contribution in [0, 0.1) is 11.3 Å². The lowest BCUT2D eigenvalue weighted by Gasteiger charge is -2.10. The van der Waals surface area contributed by atoms with Crippen molar-refractivity contribution in [2.75, 3.05) is 6.26 Å². The molecular weight excluding hydrogens is 320 g/mol. The molecule has 1 N–H and O–H groups in total. The van der Waals surface area contributed by atoms with Crippen molar-refractivity contribution in [2.24, 2.45) is 5.92 Å². The molecule has 1 heterocycles. The Bertz CT molecular complexity index is 794. The minimum absolute atomic E-state index is 0.228. The summed E-state index contributed by atoms with van der Waals surface area (Å²) in [4.78, 5) is 4.47. The minimum atomic E-state index is -3.22. The second-order valence-corrected chi connectivity index (χ2v) is 8.20. The van der Waals surface area contributed by atoms with Gasteiger partial charge in [0, 0.05) is 23.7 Å². The molecule has 0 fully saturated rings. The van der Waals surface area contributed by atoms with Crippen molar-refractivity contribution in [3.8, 4) is 11.3 Å². The summed E-state index contributed by atoms with van der Waals surface area (Å²) in [5, 5.41) is 8.03. The van der Waals surface area contributed by atoms with E-state index in [1.807, 2.05) is 24.3 Å². The molecule has 24 heavy (non-hydrogen) atoms. The van der Waals surface area contributed by atoms with E-state index in [4.69, 9.17) is 5.41 Å². The first kappa shape index (κ1) is 18.3. The Labute approximate surface area is 144 Å². The van der Waals surface area contributed by atoms with Crippen LogP contribution in [0.1, 0.15) is 32.3 Å². The van der Waals surface area contributed by atoms with Crippen LogP contribution < -0.4 is 0 Å². The number of benzene rings is 1. The van der Waals surface area contributed by atoms with Gasteiger partial charge in [-0.05, 0) is 42.9 Å². The van der Waals surface area contributed by atoms with Gasteiger partial charge in [0.25, 0.3) is 0 Å². The second kappa shape index (κ2) is 7.71. The van der Waals surface area contributed by atoms with Crippen LogP contribution >= 0.6 is 0 Å². The van der Waals surface area contributed by atoms with Gasteiger partial charge in [0.15, 0.2) is 9.84 Å². The van der Waals surface area contributed by atoms with Crippen molar-refractivity contribution in [1.82, 2.24) is 4.98 Å². The molecule has 0 bridgehead atoms. The second-order valence-electron chi connectivity index (χ2n) is 6.18. The van der Waals surface area contributed by atoms with Gasteiger partial charge in [-0.1, -0.05) is 38.1 Å². The number of hydrogen-bond donors (Lipinski definition) is 1. The minimum Gasteiger partial charge on any atom is -0.309 e. The molecule has 1 aromatic heterocycles. The lowest BCUT2D eigenvalue weighted by atomic mass is 9.96. The summed E-state index contributed by atoms with van der Waals surface area (Å²) in [7, 11) is -3.22. The van der Waals surface area contributed by atoms with Crippen LogP contribution in [-0.2, 0) is 16.3 Å². The van der Waals surface area contributed by atoms with Gasteiger partial charge in [-0.3, -0.25) is 4.98 Å². The van der Waals surface area contributed by atoms with Crippen molar-refractivity contribution in [3.63, 3.8) is 0 Å². The Morgan fingerprint density at radius 3 is 2.33 bits per heavy atom. The van der Waals surface area contributed by atoms with Crippen LogP contribution in [0.25, 0.3) is 11.3 Å². The maximum Gasteiger partial charge on any atom is 0.177 e. The molecule has 2 rings (SSSR count). The number of pyridine rings is 1. The summed E-state index contributed by atoms with van der Waals surface area (Å²) in [6.07, 6.45) is 5.23. The summed E-state index contributed by atoms with van der Waals surface area (Å²) >= 11 is 0. The van der Waals surface area contributed by atoms with Crippen LogP contribution in [0.4, 0.5) is 0 Å². The predicted molar refractivity (Wildman–Crippen MR) is 98.3 cm³/mol. The zero-order chi connectivity index (χ0) is 17.7. The van der Waals surface area contributed by atoms with Gasteiger partial charge in [0.05, 0.1) is 10.6 Å². The van der Waals surface area contributed by atoms with Crippen LogP contribution in [0.3, 0.4) is 0 Å². The lowest BCUT2D eigenvalue weighted by molar-refractivity contribution is 0.601. The number of hydrogen-bond acceptors (Lipinski definition) is 4. The van der Waals surface area contributed by atoms with E-state index in [1.54, 1.807) is 12.1 Å². The van der Waals surface area contributed by atoms with Crippen LogP contribution in [0.5, 0.6) is 0 Å². The zero-order valence-corrected chi connectivity index (χ0v) is 15.2. The lowest BCUT2D eigenvalue weighted by Crippen LogP contribution is -2.09. The van der Waals surface area contributed by atoms with Crippen molar-refractivity contribution >= 4 is 15.5 Å². The molecule has 0 saturated heterocycles. The van der Waals surface area contributed by atoms with E-state index >= 15 is 0 Å². The maximum absolute atomic E-state index is 11.5. The molecule has 0 amide bonds. The standard InChI is InChI=1S/C19H24N2O2S/c1-4-14(2)18(20)11-7-15-5-8-16(9-6-15)19-12-10-17(13-21-19)24(3,22)23/h5-6,8-10,12-14,20H,4,7,11H2,1-3H3. The number of sulfone groups is 1. The number of aromatic nitrogens is 1. The van der Waals surface area contributed by atoms with Crippen molar-refractivity contribution in [3.05, 3.63) is 48.2 Å². The Morgan fingerprint density at radius 1 is 1.17 bits per heavy atom. The molecule has 5 heteroatoms. The molecule has 0 aliphatic rings. The number of rotatable bonds is 7. The van der Waals surface area contributed by atoms with Crippen LogP contribution in [0.15, 0.2) is 47.5 Å². The van der Waals surface area contributed by atoms with Crippen molar-refractivity contribution in [1.29, 1.82) is 5.41 Å². The highest BCUT2D eigenvalue weighted by Gasteiger charge is 2.09. The van der Waals surface area contributed by atoms with E-state index in [1.165, 1.54) is 18.0 Å². The number of nitrogens with one attached hydrogen (secondary N) is 1. The van der Waals surface area contributed by atoms with E-state index in [2.05, 4.69) is 18.8 Å². The fourth-order valence-electron chi connectivity index (χ4n) is 2.38. The highest BCUT2D eigenvalue weighted by Crippen LogP contribution is 2.20. The van der Waals surface area contributed by atoms with Gasteiger partial charge >= 0.3 is 0 Å². The molecule has 0 aliphatic carbocycles. The molecule has 4 nitrogen and oxygen atoms in total. The highest BCUT2D eigenvalue weighted by molar-refractivity contribution is 7.90. The average molecular weight is 344 g/mol. The zero-order valence-electron chi connectivity index (χ0n) is 14.4. The summed E-state index contributed by atoms with van der Waals surface area (Å²) in [6, 6.07) is 11.4. The Balaban J connectivity index is 2.05. The van der Waals surface area contributed by atoms with Crippen molar-refractivity contribution in [2.45, 2.75) is 38.0 Å². The molecule has 1 unspecified atom stereocenters. The Kier molecular flexibility index (Phi) is 5.89. The molecular formula is C19H24N2O2S. The topological polar surface area (TPSA) is 70.9 Å². The third kappa shape index (κ3) is 4.74. The highest BCUT2D eigenvalue weighted by atomic mass is 32.2. The fourth-order valence-corrected chi connectivity index (χ4v) is 2.94. The summed E-state index contributed by atoms with van der Waals surface area (Å²) in [6.45, 7) is 4.20. The van der Waals surface area contributed by atoms with E-state index < -0.39 is 9.84 Å². The summed E-state index contributed by atoms with van der Waals surface area (Å²) < 4.78 is 22.9. The Morgan fingerprint density at radius 2 is 1.83 bits per heavy atom. The van der Waals surface area contributed by atoms with Crippen LogP contribution in [0.2, 0.25) is 0 Å². The molecule has 0 radical (unpaired) electrons. The molecule has 128 valence electrons. The summed E-state index contributed by atoms with van der Waals surface area (Å²) in [5.74, 6) is 0.349. The van der Waals surface area contributed by atoms with Gasteiger partial charge in [0.1, 0.15) is 0 Å². The maximum atomic E-state index is 11.5. The van der Waals surface area contributed by atoms with Gasteiger partial charge in [-0.2, -0.15) is 0 Å². The first-order valence-corrected chi connectivity index (χ1v) is 10.0.